The van der Waals surface area contributed by atoms with Gasteiger partial charge in [0.2, 0.25) is 11.8 Å². The molecule has 4 rings (SSSR count). The predicted molar refractivity (Wildman–Crippen MR) is 147 cm³/mol. The molecule has 0 bridgehead atoms. The number of β-amino-alcohol motifs (C(OH)–C–C–N with tert-alkyl or cyclic N) is 1. The van der Waals surface area contributed by atoms with Gasteiger partial charge in [0.15, 0.2) is 0 Å². The van der Waals surface area contributed by atoms with Crippen LogP contribution in [-0.2, 0) is 16.1 Å². The van der Waals surface area contributed by atoms with Gasteiger partial charge in [-0.25, -0.2) is 4.98 Å². The average molecular weight is 535 g/mol. The van der Waals surface area contributed by atoms with Crippen molar-refractivity contribution in [3.8, 4) is 10.4 Å². The van der Waals surface area contributed by atoms with Crippen LogP contribution in [0.15, 0.2) is 60.1 Å². The van der Waals surface area contributed by atoms with Crippen molar-refractivity contribution in [2.75, 3.05) is 6.54 Å². The molecule has 2 aromatic carbocycles. The number of likely N-dealkylation sites (tertiary alicyclic amines) is 1. The van der Waals surface area contributed by atoms with Gasteiger partial charge in [-0.2, -0.15) is 0 Å². The zero-order valence-corrected chi connectivity index (χ0v) is 22.9. The highest BCUT2D eigenvalue weighted by Crippen LogP contribution is 2.28. The van der Waals surface area contributed by atoms with E-state index in [1.807, 2.05) is 63.5 Å². The monoisotopic (exact) mass is 534 g/mol. The van der Waals surface area contributed by atoms with Crippen molar-refractivity contribution in [1.29, 1.82) is 0 Å². The number of nitrogens with zero attached hydrogens (tertiary/aromatic N) is 2. The van der Waals surface area contributed by atoms with Gasteiger partial charge in [0.25, 0.3) is 5.91 Å². The highest BCUT2D eigenvalue weighted by atomic mass is 32.1. The second-order valence-electron chi connectivity index (χ2n) is 10.7. The van der Waals surface area contributed by atoms with Gasteiger partial charge in [0, 0.05) is 25.1 Å². The van der Waals surface area contributed by atoms with Crippen LogP contribution in [0.3, 0.4) is 0 Å². The van der Waals surface area contributed by atoms with Crippen LogP contribution in [0.5, 0.6) is 0 Å². The van der Waals surface area contributed by atoms with E-state index in [9.17, 15) is 19.5 Å². The Morgan fingerprint density at radius 3 is 2.39 bits per heavy atom. The molecule has 1 aliphatic rings. The predicted octanol–water partition coefficient (Wildman–Crippen LogP) is 3.54. The molecule has 1 aliphatic heterocycles. The number of amides is 3. The molecule has 9 heteroatoms. The molecular weight excluding hydrogens is 500 g/mol. The number of benzene rings is 2. The van der Waals surface area contributed by atoms with Crippen molar-refractivity contribution >= 4 is 29.1 Å². The number of rotatable bonds is 7. The fourth-order valence-electron chi connectivity index (χ4n) is 4.58. The summed E-state index contributed by atoms with van der Waals surface area (Å²) in [4.78, 5) is 46.5. The van der Waals surface area contributed by atoms with Crippen LogP contribution in [0.4, 0.5) is 0 Å². The number of nitrogens with one attached hydrogen (secondary N) is 2. The Bertz CT molecular complexity index is 1280. The Morgan fingerprint density at radius 2 is 1.79 bits per heavy atom. The molecule has 38 heavy (non-hydrogen) atoms. The molecule has 3 N–H and O–H groups in total. The maximum absolute atomic E-state index is 13.7. The number of aromatic nitrogens is 1. The second-order valence-corrected chi connectivity index (χ2v) is 11.6. The number of carbonyl (C=O) groups excluding carboxylic acids is 3. The summed E-state index contributed by atoms with van der Waals surface area (Å²) >= 11 is 1.58. The highest BCUT2D eigenvalue weighted by molar-refractivity contribution is 7.13. The summed E-state index contributed by atoms with van der Waals surface area (Å²) in [6, 6.07) is 14.9. The zero-order chi connectivity index (χ0) is 27.4. The molecule has 0 unspecified atom stereocenters. The summed E-state index contributed by atoms with van der Waals surface area (Å²) in [5.74, 6) is -1.08. The lowest BCUT2D eigenvalue weighted by atomic mass is 9.85. The van der Waals surface area contributed by atoms with E-state index in [-0.39, 0.29) is 30.7 Å². The summed E-state index contributed by atoms with van der Waals surface area (Å²) in [7, 11) is 0. The van der Waals surface area contributed by atoms with E-state index in [4.69, 9.17) is 0 Å². The van der Waals surface area contributed by atoms with E-state index >= 15 is 0 Å². The lowest BCUT2D eigenvalue weighted by Crippen LogP contribution is -2.57. The number of aliphatic hydroxyl groups excluding tert-OH is 1. The third-order valence-electron chi connectivity index (χ3n) is 6.72. The van der Waals surface area contributed by atoms with Gasteiger partial charge in [-0.05, 0) is 35.6 Å². The maximum atomic E-state index is 13.7. The second kappa shape index (κ2) is 11.4. The number of aryl methyl sites for hydroxylation is 1. The van der Waals surface area contributed by atoms with E-state index < -0.39 is 23.6 Å². The van der Waals surface area contributed by atoms with Crippen LogP contribution in [0.25, 0.3) is 10.4 Å². The van der Waals surface area contributed by atoms with Crippen molar-refractivity contribution in [2.45, 2.75) is 58.8 Å². The van der Waals surface area contributed by atoms with Crippen LogP contribution in [0.1, 0.15) is 48.8 Å². The highest BCUT2D eigenvalue weighted by Gasteiger charge is 2.44. The SMILES string of the molecule is Cc1ncsc1-c1ccc(CNC(=O)[C@@H]2C[C@@H](O)CN2C(=O)[C@@H](NC(=O)c2ccccc2)C(C)(C)C)cc1. The Hall–Kier alpha value is -3.56. The molecule has 1 aromatic heterocycles. The normalized spacial score (nSPS) is 18.2. The summed E-state index contributed by atoms with van der Waals surface area (Å²) in [6.45, 7) is 7.89. The average Bonchev–Trinajstić information content (AvgIpc) is 3.50. The number of aliphatic hydroxyl groups is 1. The van der Waals surface area contributed by atoms with Crippen LogP contribution < -0.4 is 10.6 Å². The topological polar surface area (TPSA) is 112 Å². The maximum Gasteiger partial charge on any atom is 0.251 e. The molecule has 8 nitrogen and oxygen atoms in total. The fraction of sp³-hybridized carbons (Fsp3) is 0.379. The Labute approximate surface area is 227 Å². The molecule has 1 fully saturated rings. The Morgan fingerprint density at radius 1 is 1.11 bits per heavy atom. The molecule has 3 atom stereocenters. The summed E-state index contributed by atoms with van der Waals surface area (Å²) in [5, 5.41) is 16.1. The fourth-order valence-corrected chi connectivity index (χ4v) is 5.40. The number of carbonyl (C=O) groups is 3. The van der Waals surface area contributed by atoms with Gasteiger partial charge in [0.05, 0.1) is 22.2 Å². The third-order valence-corrected chi connectivity index (χ3v) is 7.70. The minimum Gasteiger partial charge on any atom is -0.391 e. The van der Waals surface area contributed by atoms with E-state index in [1.54, 1.807) is 35.6 Å². The minimum absolute atomic E-state index is 0.0353. The van der Waals surface area contributed by atoms with Crippen molar-refractivity contribution in [3.63, 3.8) is 0 Å². The number of thiazole rings is 1. The van der Waals surface area contributed by atoms with Crippen LogP contribution >= 0.6 is 11.3 Å². The van der Waals surface area contributed by atoms with Crippen molar-refractivity contribution < 1.29 is 19.5 Å². The molecule has 0 aliphatic carbocycles. The van der Waals surface area contributed by atoms with Crippen molar-refractivity contribution in [3.05, 3.63) is 76.9 Å². The minimum atomic E-state index is -0.876. The Balaban J connectivity index is 1.43. The van der Waals surface area contributed by atoms with Gasteiger partial charge in [-0.1, -0.05) is 63.2 Å². The summed E-state index contributed by atoms with van der Waals surface area (Å²) in [6.07, 6.45) is -0.674. The van der Waals surface area contributed by atoms with E-state index in [1.165, 1.54) is 4.90 Å². The first kappa shape index (κ1) is 27.5. The molecule has 3 amide bonds. The molecule has 3 aromatic rings. The molecule has 1 saturated heterocycles. The number of hydrogen-bond acceptors (Lipinski definition) is 6. The first-order valence-electron chi connectivity index (χ1n) is 12.7. The third kappa shape index (κ3) is 6.28. The zero-order valence-electron chi connectivity index (χ0n) is 22.1. The molecule has 200 valence electrons. The van der Waals surface area contributed by atoms with Crippen molar-refractivity contribution in [1.82, 2.24) is 20.5 Å². The lowest BCUT2D eigenvalue weighted by molar-refractivity contribution is -0.142. The summed E-state index contributed by atoms with van der Waals surface area (Å²) < 4.78 is 0. The Kier molecular flexibility index (Phi) is 8.28. The standard InChI is InChI=1S/C29H34N4O4S/c1-18-24(38-17-31-18)20-12-10-19(11-13-20)15-30-27(36)23-14-22(34)16-33(23)28(37)25(29(2,3)4)32-26(35)21-8-6-5-7-9-21/h5-13,17,22-23,25,34H,14-16H2,1-4H3,(H,30,36)(H,32,35)/t22-,23+,25-/m1/s1. The van der Waals surface area contributed by atoms with Gasteiger partial charge in [0.1, 0.15) is 12.1 Å². The molecule has 0 radical (unpaired) electrons. The quantitative estimate of drug-likeness (QED) is 0.429. The van der Waals surface area contributed by atoms with Crippen LogP contribution in [-0.4, -0.2) is 57.4 Å². The molecule has 0 saturated carbocycles. The first-order valence-corrected chi connectivity index (χ1v) is 13.5. The van der Waals surface area contributed by atoms with Gasteiger partial charge >= 0.3 is 0 Å². The van der Waals surface area contributed by atoms with Crippen LogP contribution in [0, 0.1) is 12.3 Å². The van der Waals surface area contributed by atoms with Gasteiger partial charge < -0.3 is 20.6 Å². The van der Waals surface area contributed by atoms with Gasteiger partial charge in [-0.15, -0.1) is 11.3 Å². The smallest absolute Gasteiger partial charge is 0.251 e. The van der Waals surface area contributed by atoms with E-state index in [2.05, 4.69) is 15.6 Å². The lowest BCUT2D eigenvalue weighted by Gasteiger charge is -2.35. The largest absolute Gasteiger partial charge is 0.391 e. The summed E-state index contributed by atoms with van der Waals surface area (Å²) in [5.41, 5.74) is 4.62. The van der Waals surface area contributed by atoms with Crippen molar-refractivity contribution in [2.24, 2.45) is 5.41 Å². The molecular formula is C29H34N4O4S. The van der Waals surface area contributed by atoms with Gasteiger partial charge in [-0.3, -0.25) is 14.4 Å². The van der Waals surface area contributed by atoms with Crippen LogP contribution in [0.2, 0.25) is 0 Å². The number of hydrogen-bond donors (Lipinski definition) is 3. The van der Waals surface area contributed by atoms with E-state index in [0.29, 0.717) is 12.1 Å². The first-order chi connectivity index (χ1) is 18.0. The van der Waals surface area contributed by atoms with E-state index in [0.717, 1.165) is 21.7 Å². The molecule has 2 heterocycles. The molecule has 0 spiro atoms.